The molecule has 2 aromatic carbocycles. The third-order valence-corrected chi connectivity index (χ3v) is 3.66. The lowest BCUT2D eigenvalue weighted by Crippen LogP contribution is -2.15. The Morgan fingerprint density at radius 3 is 2.37 bits per heavy atom. The van der Waals surface area contributed by atoms with Crippen molar-refractivity contribution in [3.8, 4) is 0 Å². The Balaban J connectivity index is 2.26. The highest BCUT2D eigenvalue weighted by atomic mass is 79.9. The van der Waals surface area contributed by atoms with Crippen molar-refractivity contribution in [3.05, 3.63) is 65.2 Å². The monoisotopic (exact) mass is 317 g/mol. The van der Waals surface area contributed by atoms with Gasteiger partial charge in [0, 0.05) is 16.6 Å². The van der Waals surface area contributed by atoms with Gasteiger partial charge in [-0.1, -0.05) is 59.3 Å². The summed E-state index contributed by atoms with van der Waals surface area (Å²) in [7, 11) is 0. The van der Waals surface area contributed by atoms with Crippen LogP contribution in [0.3, 0.4) is 0 Å². The molecule has 98 valence electrons. The molecule has 19 heavy (non-hydrogen) atoms. The van der Waals surface area contributed by atoms with E-state index in [-0.39, 0.29) is 5.91 Å². The number of alkyl halides is 1. The van der Waals surface area contributed by atoms with Crippen LogP contribution >= 0.6 is 15.9 Å². The molecule has 0 aliphatic rings. The molecule has 0 radical (unpaired) electrons. The van der Waals surface area contributed by atoms with Gasteiger partial charge in [0.1, 0.15) is 0 Å². The molecule has 2 rings (SSSR count). The zero-order chi connectivity index (χ0) is 13.7. The lowest BCUT2D eigenvalue weighted by Gasteiger charge is -2.11. The van der Waals surface area contributed by atoms with Gasteiger partial charge in [-0.05, 0) is 29.7 Å². The first-order chi connectivity index (χ1) is 9.26. The Morgan fingerprint density at radius 1 is 1.05 bits per heavy atom. The van der Waals surface area contributed by atoms with E-state index in [0.717, 1.165) is 34.1 Å². The highest BCUT2D eigenvalue weighted by Gasteiger charge is 2.11. The number of rotatable bonds is 4. The van der Waals surface area contributed by atoms with Gasteiger partial charge in [-0.2, -0.15) is 0 Å². The molecule has 0 aliphatic carbocycles. The fourth-order valence-electron chi connectivity index (χ4n) is 2.00. The van der Waals surface area contributed by atoms with Crippen LogP contribution in [0.5, 0.6) is 0 Å². The zero-order valence-electron chi connectivity index (χ0n) is 10.8. The molecule has 1 N–H and O–H groups in total. The van der Waals surface area contributed by atoms with E-state index in [1.807, 2.05) is 48.5 Å². The van der Waals surface area contributed by atoms with E-state index in [4.69, 9.17) is 0 Å². The van der Waals surface area contributed by atoms with Crippen molar-refractivity contribution in [2.24, 2.45) is 0 Å². The van der Waals surface area contributed by atoms with Gasteiger partial charge in [0.15, 0.2) is 0 Å². The summed E-state index contributed by atoms with van der Waals surface area (Å²) in [6, 6.07) is 15.5. The van der Waals surface area contributed by atoms with Crippen LogP contribution in [0.1, 0.15) is 28.4 Å². The average Bonchev–Trinajstić information content (AvgIpc) is 2.47. The van der Waals surface area contributed by atoms with E-state index >= 15 is 0 Å². The molecule has 0 heterocycles. The van der Waals surface area contributed by atoms with Gasteiger partial charge in [0.05, 0.1) is 0 Å². The molecular weight excluding hydrogens is 302 g/mol. The van der Waals surface area contributed by atoms with Crippen LogP contribution in [0.4, 0.5) is 5.69 Å². The van der Waals surface area contributed by atoms with Gasteiger partial charge in [-0.3, -0.25) is 4.79 Å². The van der Waals surface area contributed by atoms with Crippen molar-refractivity contribution in [2.45, 2.75) is 18.7 Å². The molecule has 0 fully saturated rings. The van der Waals surface area contributed by atoms with Crippen LogP contribution in [0.2, 0.25) is 0 Å². The van der Waals surface area contributed by atoms with E-state index in [1.165, 1.54) is 0 Å². The number of aryl methyl sites for hydroxylation is 1. The van der Waals surface area contributed by atoms with E-state index < -0.39 is 0 Å². The maximum Gasteiger partial charge on any atom is 0.255 e. The van der Waals surface area contributed by atoms with Crippen LogP contribution in [0.15, 0.2) is 48.5 Å². The number of carbonyl (C=O) groups is 1. The van der Waals surface area contributed by atoms with Gasteiger partial charge in [0.25, 0.3) is 5.91 Å². The van der Waals surface area contributed by atoms with Gasteiger partial charge in [-0.15, -0.1) is 0 Å². The molecular formula is C16H16BrNO. The maximum atomic E-state index is 12.3. The summed E-state index contributed by atoms with van der Waals surface area (Å²) in [4.78, 5) is 12.3. The van der Waals surface area contributed by atoms with Crippen molar-refractivity contribution in [1.29, 1.82) is 0 Å². The molecule has 0 saturated carbocycles. The van der Waals surface area contributed by atoms with E-state index in [2.05, 4.69) is 28.2 Å². The highest BCUT2D eigenvalue weighted by Crippen LogP contribution is 2.19. The van der Waals surface area contributed by atoms with E-state index in [9.17, 15) is 4.79 Å². The summed E-state index contributed by atoms with van der Waals surface area (Å²) >= 11 is 3.43. The Hall–Kier alpha value is -1.61. The summed E-state index contributed by atoms with van der Waals surface area (Å²) in [6.07, 6.45) is 0.851. The third-order valence-electron chi connectivity index (χ3n) is 3.05. The summed E-state index contributed by atoms with van der Waals surface area (Å²) in [5.41, 5.74) is 3.74. The second kappa shape index (κ2) is 6.53. The predicted molar refractivity (Wildman–Crippen MR) is 82.8 cm³/mol. The van der Waals surface area contributed by atoms with Crippen LogP contribution in [0, 0.1) is 0 Å². The number of hydrogen-bond acceptors (Lipinski definition) is 1. The first-order valence-electron chi connectivity index (χ1n) is 6.29. The molecule has 0 spiro atoms. The fourth-order valence-corrected chi connectivity index (χ4v) is 2.49. The van der Waals surface area contributed by atoms with Crippen molar-refractivity contribution in [2.75, 3.05) is 5.32 Å². The van der Waals surface area contributed by atoms with Gasteiger partial charge < -0.3 is 5.32 Å². The topological polar surface area (TPSA) is 29.1 Å². The number of hydrogen-bond donors (Lipinski definition) is 1. The molecule has 0 aromatic heterocycles. The first-order valence-corrected chi connectivity index (χ1v) is 7.41. The Bertz CT molecular complexity index is 580. The minimum atomic E-state index is -0.0501. The second-order valence-corrected chi connectivity index (χ2v) is 4.82. The quantitative estimate of drug-likeness (QED) is 0.832. The number of carbonyl (C=O) groups excluding carboxylic acids is 1. The largest absolute Gasteiger partial charge is 0.322 e. The summed E-state index contributed by atoms with van der Waals surface area (Å²) in [6.45, 7) is 2.05. The number of benzene rings is 2. The van der Waals surface area contributed by atoms with Gasteiger partial charge in [0.2, 0.25) is 0 Å². The summed E-state index contributed by atoms with van der Waals surface area (Å²) in [5.74, 6) is -0.0501. The van der Waals surface area contributed by atoms with E-state index in [0.29, 0.717) is 0 Å². The maximum absolute atomic E-state index is 12.3. The van der Waals surface area contributed by atoms with Crippen LogP contribution in [0.25, 0.3) is 0 Å². The number of anilines is 1. The van der Waals surface area contributed by atoms with Gasteiger partial charge >= 0.3 is 0 Å². The number of amides is 1. The number of nitrogens with one attached hydrogen (secondary N) is 1. The third kappa shape index (κ3) is 3.24. The first kappa shape index (κ1) is 13.8. The smallest absolute Gasteiger partial charge is 0.255 e. The lowest BCUT2D eigenvalue weighted by atomic mass is 10.0. The number of para-hydroxylation sites is 1. The van der Waals surface area contributed by atoms with Crippen LogP contribution in [-0.4, -0.2) is 5.91 Å². The second-order valence-electron chi connectivity index (χ2n) is 4.26. The highest BCUT2D eigenvalue weighted by molar-refractivity contribution is 9.08. The van der Waals surface area contributed by atoms with Crippen molar-refractivity contribution in [3.63, 3.8) is 0 Å². The normalized spacial score (nSPS) is 10.2. The predicted octanol–water partition coefficient (Wildman–Crippen LogP) is 4.40. The van der Waals surface area contributed by atoms with E-state index in [1.54, 1.807) is 0 Å². The van der Waals surface area contributed by atoms with Gasteiger partial charge in [-0.25, -0.2) is 0 Å². The molecule has 0 bridgehead atoms. The number of halogens is 1. The average molecular weight is 318 g/mol. The minimum absolute atomic E-state index is 0.0501. The van der Waals surface area contributed by atoms with Crippen LogP contribution < -0.4 is 5.32 Å². The van der Waals surface area contributed by atoms with Crippen LogP contribution in [-0.2, 0) is 11.8 Å². The SMILES string of the molecule is CCc1ccccc1C(=O)Nc1ccccc1CBr. The Kier molecular flexibility index (Phi) is 4.74. The molecule has 1 amide bonds. The summed E-state index contributed by atoms with van der Waals surface area (Å²) in [5, 5.41) is 3.70. The molecule has 3 heteroatoms. The molecule has 0 aliphatic heterocycles. The zero-order valence-corrected chi connectivity index (χ0v) is 12.4. The van der Waals surface area contributed by atoms with Crippen molar-refractivity contribution in [1.82, 2.24) is 0 Å². The van der Waals surface area contributed by atoms with Crippen molar-refractivity contribution < 1.29 is 4.79 Å². The minimum Gasteiger partial charge on any atom is -0.322 e. The molecule has 0 unspecified atom stereocenters. The lowest BCUT2D eigenvalue weighted by molar-refractivity contribution is 0.102. The Labute approximate surface area is 122 Å². The molecule has 0 saturated heterocycles. The van der Waals surface area contributed by atoms with Crippen molar-refractivity contribution >= 4 is 27.5 Å². The molecule has 2 nitrogen and oxygen atoms in total. The standard InChI is InChI=1S/C16H16BrNO/c1-2-12-7-3-5-9-14(12)16(19)18-15-10-6-4-8-13(15)11-17/h3-10H,2,11H2,1H3,(H,18,19). The molecule has 0 atom stereocenters. The fraction of sp³-hybridized carbons (Fsp3) is 0.188. The summed E-state index contributed by atoms with van der Waals surface area (Å²) < 4.78 is 0. The Morgan fingerprint density at radius 2 is 1.68 bits per heavy atom. The molecule has 2 aromatic rings.